The Morgan fingerprint density at radius 2 is 1.83 bits per heavy atom. The van der Waals surface area contributed by atoms with Crippen LogP contribution >= 0.6 is 0 Å². The molecule has 4 nitrogen and oxygen atoms in total. The van der Waals surface area contributed by atoms with E-state index < -0.39 is 6.10 Å². The van der Waals surface area contributed by atoms with Crippen molar-refractivity contribution >= 4 is 0 Å². The van der Waals surface area contributed by atoms with Crippen molar-refractivity contribution in [2.45, 2.75) is 64.5 Å². The van der Waals surface area contributed by atoms with Gasteiger partial charge in [0.25, 0.3) is 0 Å². The fourth-order valence-electron chi connectivity index (χ4n) is 2.62. The highest BCUT2D eigenvalue weighted by Gasteiger charge is 2.19. The molecule has 138 valence electrons. The van der Waals surface area contributed by atoms with E-state index in [1.54, 1.807) is 7.11 Å². The van der Waals surface area contributed by atoms with Crippen molar-refractivity contribution in [1.29, 1.82) is 0 Å². The average molecular weight is 338 g/mol. The largest absolute Gasteiger partial charge is 0.497 e. The molecule has 0 radical (unpaired) electrons. The molecule has 0 saturated carbocycles. The Hall–Kier alpha value is -1.10. The van der Waals surface area contributed by atoms with E-state index in [0.717, 1.165) is 25.2 Å². The molecule has 0 aromatic heterocycles. The SMILES string of the molecule is CCCCCCOCC(O)CNC(C)(C)Cc1ccc(OC)cc1. The van der Waals surface area contributed by atoms with Crippen LogP contribution in [-0.2, 0) is 11.2 Å². The van der Waals surface area contributed by atoms with Crippen molar-refractivity contribution < 1.29 is 14.6 Å². The summed E-state index contributed by atoms with van der Waals surface area (Å²) in [5.41, 5.74) is 1.16. The van der Waals surface area contributed by atoms with E-state index in [1.165, 1.54) is 24.8 Å². The van der Waals surface area contributed by atoms with Crippen LogP contribution in [0.3, 0.4) is 0 Å². The van der Waals surface area contributed by atoms with Gasteiger partial charge in [0.1, 0.15) is 5.75 Å². The summed E-state index contributed by atoms with van der Waals surface area (Å²) in [5, 5.41) is 13.5. The molecule has 1 aromatic carbocycles. The summed E-state index contributed by atoms with van der Waals surface area (Å²) in [4.78, 5) is 0. The minimum absolute atomic E-state index is 0.0866. The number of hydrogen-bond donors (Lipinski definition) is 2. The minimum Gasteiger partial charge on any atom is -0.497 e. The third-order valence-corrected chi connectivity index (χ3v) is 4.07. The molecule has 0 saturated heterocycles. The molecule has 0 bridgehead atoms. The number of aliphatic hydroxyl groups excluding tert-OH is 1. The Morgan fingerprint density at radius 3 is 2.46 bits per heavy atom. The van der Waals surface area contributed by atoms with Gasteiger partial charge in [0.15, 0.2) is 0 Å². The Balaban J connectivity index is 2.23. The lowest BCUT2D eigenvalue weighted by Crippen LogP contribution is -2.46. The first kappa shape index (κ1) is 20.9. The molecule has 2 N–H and O–H groups in total. The van der Waals surface area contributed by atoms with E-state index in [1.807, 2.05) is 12.1 Å². The first-order valence-corrected chi connectivity index (χ1v) is 9.10. The van der Waals surface area contributed by atoms with Crippen molar-refractivity contribution in [1.82, 2.24) is 5.32 Å². The normalized spacial score (nSPS) is 13.0. The van der Waals surface area contributed by atoms with Gasteiger partial charge >= 0.3 is 0 Å². The number of methoxy groups -OCH3 is 1. The summed E-state index contributed by atoms with van der Waals surface area (Å²) in [6.07, 6.45) is 5.20. The molecule has 1 aromatic rings. The fourth-order valence-corrected chi connectivity index (χ4v) is 2.62. The zero-order valence-electron chi connectivity index (χ0n) is 15.8. The van der Waals surface area contributed by atoms with Gasteiger partial charge < -0.3 is 19.9 Å². The van der Waals surface area contributed by atoms with Crippen molar-refractivity contribution in [3.8, 4) is 5.75 Å². The lowest BCUT2D eigenvalue weighted by atomic mass is 9.94. The summed E-state index contributed by atoms with van der Waals surface area (Å²) in [5.74, 6) is 0.871. The Morgan fingerprint density at radius 1 is 1.12 bits per heavy atom. The molecule has 0 aliphatic carbocycles. The summed E-state index contributed by atoms with van der Waals surface area (Å²) < 4.78 is 10.7. The lowest BCUT2D eigenvalue weighted by molar-refractivity contribution is 0.0321. The first-order chi connectivity index (χ1) is 11.5. The molecule has 24 heavy (non-hydrogen) atoms. The van der Waals surface area contributed by atoms with Gasteiger partial charge in [-0.15, -0.1) is 0 Å². The first-order valence-electron chi connectivity index (χ1n) is 9.10. The maximum atomic E-state index is 10.0. The average Bonchev–Trinajstić information content (AvgIpc) is 2.56. The molecule has 0 fully saturated rings. The summed E-state index contributed by atoms with van der Waals surface area (Å²) >= 11 is 0. The topological polar surface area (TPSA) is 50.7 Å². The van der Waals surface area contributed by atoms with Crippen LogP contribution in [0.15, 0.2) is 24.3 Å². The second kappa shape index (κ2) is 11.5. The van der Waals surface area contributed by atoms with Crippen molar-refractivity contribution in [2.24, 2.45) is 0 Å². The Bertz CT molecular complexity index is 431. The van der Waals surface area contributed by atoms with E-state index in [4.69, 9.17) is 9.47 Å². The van der Waals surface area contributed by atoms with Gasteiger partial charge in [0.2, 0.25) is 0 Å². The monoisotopic (exact) mass is 337 g/mol. The van der Waals surface area contributed by atoms with Gasteiger partial charge in [-0.2, -0.15) is 0 Å². The smallest absolute Gasteiger partial charge is 0.118 e. The van der Waals surface area contributed by atoms with Crippen LogP contribution in [0.5, 0.6) is 5.75 Å². The standard InChI is InChI=1S/C20H35NO3/c1-5-6-7-8-13-24-16-18(22)15-21-20(2,3)14-17-9-11-19(23-4)12-10-17/h9-12,18,21-22H,5-8,13-16H2,1-4H3. The molecule has 0 spiro atoms. The fraction of sp³-hybridized carbons (Fsp3) is 0.700. The van der Waals surface area contributed by atoms with E-state index in [2.05, 4.69) is 38.2 Å². The number of hydrogen-bond acceptors (Lipinski definition) is 4. The third kappa shape index (κ3) is 9.26. The van der Waals surface area contributed by atoms with Crippen LogP contribution < -0.4 is 10.1 Å². The second-order valence-electron chi connectivity index (χ2n) is 7.08. The van der Waals surface area contributed by atoms with Crippen molar-refractivity contribution in [3.05, 3.63) is 29.8 Å². The molecule has 0 aliphatic heterocycles. The highest BCUT2D eigenvalue weighted by Crippen LogP contribution is 2.16. The van der Waals surface area contributed by atoms with Crippen LogP contribution in [0.1, 0.15) is 52.0 Å². The number of unbranched alkanes of at least 4 members (excludes halogenated alkanes) is 3. The molecule has 1 unspecified atom stereocenters. The quantitative estimate of drug-likeness (QED) is 0.540. The minimum atomic E-state index is -0.466. The second-order valence-corrected chi connectivity index (χ2v) is 7.08. The molecule has 1 atom stereocenters. The maximum Gasteiger partial charge on any atom is 0.118 e. The summed E-state index contributed by atoms with van der Waals surface area (Å²) in [7, 11) is 1.67. The van der Waals surface area contributed by atoms with E-state index >= 15 is 0 Å². The van der Waals surface area contributed by atoms with Gasteiger partial charge in [-0.1, -0.05) is 38.3 Å². The summed E-state index contributed by atoms with van der Waals surface area (Å²) in [6.45, 7) is 8.18. The van der Waals surface area contributed by atoms with Gasteiger partial charge in [0, 0.05) is 18.7 Å². The predicted octanol–water partition coefficient (Wildman–Crippen LogP) is 3.56. The third-order valence-electron chi connectivity index (χ3n) is 4.07. The van der Waals surface area contributed by atoms with Crippen molar-refractivity contribution in [3.63, 3.8) is 0 Å². The lowest BCUT2D eigenvalue weighted by Gasteiger charge is -2.28. The van der Waals surface area contributed by atoms with Gasteiger partial charge in [-0.25, -0.2) is 0 Å². The van der Waals surface area contributed by atoms with Gasteiger partial charge in [-0.05, 0) is 44.4 Å². The highest BCUT2D eigenvalue weighted by molar-refractivity contribution is 5.28. The zero-order chi connectivity index (χ0) is 17.8. The van der Waals surface area contributed by atoms with Gasteiger partial charge in [0.05, 0.1) is 19.8 Å². The molecule has 0 aliphatic rings. The van der Waals surface area contributed by atoms with Crippen LogP contribution in [0, 0.1) is 0 Å². The molecular weight excluding hydrogens is 302 g/mol. The van der Waals surface area contributed by atoms with E-state index in [9.17, 15) is 5.11 Å². The van der Waals surface area contributed by atoms with Crippen LogP contribution in [0.4, 0.5) is 0 Å². The number of rotatable bonds is 13. The molecule has 4 heteroatoms. The van der Waals surface area contributed by atoms with Crippen LogP contribution in [-0.4, -0.2) is 43.6 Å². The van der Waals surface area contributed by atoms with E-state index in [0.29, 0.717) is 13.2 Å². The molecule has 0 amide bonds. The summed E-state index contributed by atoms with van der Waals surface area (Å²) in [6, 6.07) is 8.12. The number of nitrogens with one attached hydrogen (secondary N) is 1. The number of benzene rings is 1. The van der Waals surface area contributed by atoms with Crippen molar-refractivity contribution in [2.75, 3.05) is 26.9 Å². The van der Waals surface area contributed by atoms with Crippen LogP contribution in [0.25, 0.3) is 0 Å². The Kier molecular flexibility index (Phi) is 9.99. The van der Waals surface area contributed by atoms with Crippen LogP contribution in [0.2, 0.25) is 0 Å². The van der Waals surface area contributed by atoms with E-state index in [-0.39, 0.29) is 5.54 Å². The highest BCUT2D eigenvalue weighted by atomic mass is 16.5. The van der Waals surface area contributed by atoms with Gasteiger partial charge in [-0.3, -0.25) is 0 Å². The molecule has 1 rings (SSSR count). The molecule has 0 heterocycles. The number of β-amino-alcohol motifs (C(OH)–C–C–N with tert-alkyl or cyclic N) is 1. The maximum absolute atomic E-state index is 10.0. The number of ether oxygens (including phenoxy) is 2. The molecular formula is C20H35NO3. The predicted molar refractivity (Wildman–Crippen MR) is 99.7 cm³/mol. The Labute approximate surface area is 147 Å². The number of aliphatic hydroxyl groups is 1. The zero-order valence-corrected chi connectivity index (χ0v) is 15.8.